The maximum Gasteiger partial charge on any atom is 0.151 e. The molecule has 5 aromatic rings. The molecule has 0 spiro atoms. The second-order valence-corrected chi connectivity index (χ2v) is 10.3. The zero-order valence-electron chi connectivity index (χ0n) is 22.1. The Kier molecular flexibility index (Phi) is 7.28. The molecule has 2 aromatic carbocycles. The van der Waals surface area contributed by atoms with E-state index < -0.39 is 0 Å². The van der Waals surface area contributed by atoms with Crippen molar-refractivity contribution in [1.82, 2.24) is 24.6 Å². The first-order chi connectivity index (χ1) is 18.3. The van der Waals surface area contributed by atoms with E-state index in [1.165, 1.54) is 5.56 Å². The molecule has 0 fully saturated rings. The van der Waals surface area contributed by atoms with E-state index in [4.69, 9.17) is 4.74 Å². The van der Waals surface area contributed by atoms with Crippen LogP contribution in [-0.4, -0.2) is 31.7 Å². The second-order valence-electron chi connectivity index (χ2n) is 10.3. The molecule has 1 aliphatic heterocycles. The second kappa shape index (κ2) is 10.7. The quantitative estimate of drug-likeness (QED) is 0.196. The number of rotatable bonds is 5. The molecule has 0 amide bonds. The van der Waals surface area contributed by atoms with Gasteiger partial charge in [0.1, 0.15) is 0 Å². The summed E-state index contributed by atoms with van der Waals surface area (Å²) < 4.78 is 8.05. The van der Waals surface area contributed by atoms with Gasteiger partial charge in [-0.15, -0.1) is 35.5 Å². The van der Waals surface area contributed by atoms with Gasteiger partial charge in [0, 0.05) is 45.0 Å². The number of aromatic nitrogens is 4. The summed E-state index contributed by atoms with van der Waals surface area (Å²) in [6, 6.07) is 25.1. The summed E-state index contributed by atoms with van der Waals surface area (Å²) in [7, 11) is 1.99. The largest absolute Gasteiger partial charge is 0.510 e. The molecule has 0 unspecified atom stereocenters. The molecular formula is C31H27N6OPt-3. The molecule has 0 aliphatic carbocycles. The van der Waals surface area contributed by atoms with Crippen molar-refractivity contribution in [2.45, 2.75) is 26.2 Å². The van der Waals surface area contributed by atoms with Crippen molar-refractivity contribution in [1.29, 1.82) is 0 Å². The van der Waals surface area contributed by atoms with Crippen molar-refractivity contribution in [3.63, 3.8) is 0 Å². The summed E-state index contributed by atoms with van der Waals surface area (Å²) >= 11 is 0. The van der Waals surface area contributed by atoms with Gasteiger partial charge in [0.05, 0.1) is 0 Å². The molecule has 0 saturated carbocycles. The number of hydrogen-bond acceptors (Lipinski definition) is 6. The van der Waals surface area contributed by atoms with Gasteiger partial charge in [0.25, 0.3) is 0 Å². The number of hydrogen-bond donors (Lipinski definition) is 0. The molecule has 1 aliphatic rings. The van der Waals surface area contributed by atoms with Crippen LogP contribution in [0.1, 0.15) is 26.3 Å². The zero-order valence-corrected chi connectivity index (χ0v) is 24.3. The van der Waals surface area contributed by atoms with E-state index in [1.54, 1.807) is 17.1 Å². The summed E-state index contributed by atoms with van der Waals surface area (Å²) in [5.41, 5.74) is 5.54. The Hall–Kier alpha value is -3.96. The van der Waals surface area contributed by atoms with Gasteiger partial charge in [-0.05, 0) is 65.4 Å². The Morgan fingerprint density at radius 2 is 1.69 bits per heavy atom. The number of ether oxygens (including phenoxy) is 1. The van der Waals surface area contributed by atoms with Gasteiger partial charge in [-0.3, -0.25) is 0 Å². The number of fused-ring (bicyclic) bond motifs is 1. The van der Waals surface area contributed by atoms with E-state index in [0.717, 1.165) is 16.8 Å². The predicted molar refractivity (Wildman–Crippen MR) is 149 cm³/mol. The van der Waals surface area contributed by atoms with Crippen molar-refractivity contribution in [3.8, 4) is 28.4 Å². The molecule has 0 N–H and O–H groups in total. The summed E-state index contributed by atoms with van der Waals surface area (Å²) in [4.78, 5) is 13.1. The summed E-state index contributed by atoms with van der Waals surface area (Å²) in [5.74, 6) is 1.74. The van der Waals surface area contributed by atoms with Gasteiger partial charge >= 0.3 is 0 Å². The molecule has 0 radical (unpaired) electrons. The average molecular weight is 695 g/mol. The maximum absolute atomic E-state index is 6.30. The topological polar surface area (TPSA) is 59.3 Å². The third-order valence-corrected chi connectivity index (χ3v) is 6.35. The first-order valence-corrected chi connectivity index (χ1v) is 12.4. The molecule has 3 aromatic heterocycles. The van der Waals surface area contributed by atoms with Crippen LogP contribution in [0.2, 0.25) is 0 Å². The van der Waals surface area contributed by atoms with Crippen molar-refractivity contribution >= 4 is 16.7 Å². The Labute approximate surface area is 243 Å². The van der Waals surface area contributed by atoms with Gasteiger partial charge in [0.15, 0.2) is 5.82 Å². The maximum atomic E-state index is 6.30. The molecule has 200 valence electrons. The average Bonchev–Trinajstić information content (AvgIpc) is 3.55. The van der Waals surface area contributed by atoms with Crippen LogP contribution in [0.3, 0.4) is 0 Å². The van der Waals surface area contributed by atoms with E-state index in [2.05, 4.69) is 66.2 Å². The molecule has 39 heavy (non-hydrogen) atoms. The Morgan fingerprint density at radius 1 is 0.872 bits per heavy atom. The normalized spacial score (nSPS) is 13.1. The first kappa shape index (κ1) is 26.6. The van der Waals surface area contributed by atoms with Crippen LogP contribution in [-0.2, 0) is 26.5 Å². The smallest absolute Gasteiger partial charge is 0.151 e. The van der Waals surface area contributed by atoms with E-state index >= 15 is 0 Å². The first-order valence-electron chi connectivity index (χ1n) is 12.4. The summed E-state index contributed by atoms with van der Waals surface area (Å²) in [6.07, 6.45) is 9.16. The van der Waals surface area contributed by atoms with Crippen molar-refractivity contribution in [2.24, 2.45) is 0 Å². The van der Waals surface area contributed by atoms with Crippen LogP contribution in [0.15, 0.2) is 85.6 Å². The van der Waals surface area contributed by atoms with Gasteiger partial charge < -0.3 is 19.5 Å². The Bertz CT molecular complexity index is 1640. The molecule has 0 saturated heterocycles. The fourth-order valence-corrected chi connectivity index (χ4v) is 4.29. The van der Waals surface area contributed by atoms with E-state index in [-0.39, 0.29) is 26.5 Å². The van der Waals surface area contributed by atoms with E-state index in [0.29, 0.717) is 28.4 Å². The Morgan fingerprint density at radius 3 is 2.44 bits per heavy atom. The van der Waals surface area contributed by atoms with E-state index in [1.807, 2.05) is 78.5 Å². The minimum atomic E-state index is -0.00897. The van der Waals surface area contributed by atoms with Crippen LogP contribution in [0.4, 0.5) is 5.69 Å². The van der Waals surface area contributed by atoms with Crippen LogP contribution in [0.25, 0.3) is 28.0 Å². The fraction of sp³-hybridized carbons (Fsp3) is 0.161. The summed E-state index contributed by atoms with van der Waals surface area (Å²) in [6.45, 7) is 8.51. The van der Waals surface area contributed by atoms with Gasteiger partial charge in [0.2, 0.25) is 0 Å². The van der Waals surface area contributed by atoms with Crippen molar-refractivity contribution in [3.05, 3.63) is 110 Å². The number of anilines is 1. The van der Waals surface area contributed by atoms with Gasteiger partial charge in [-0.25, -0.2) is 9.67 Å². The zero-order chi connectivity index (χ0) is 26.3. The molecule has 0 bridgehead atoms. The van der Waals surface area contributed by atoms with Crippen LogP contribution >= 0.6 is 0 Å². The van der Waals surface area contributed by atoms with E-state index in [9.17, 15) is 0 Å². The van der Waals surface area contributed by atoms with Crippen LogP contribution in [0, 0.1) is 18.8 Å². The van der Waals surface area contributed by atoms with Gasteiger partial charge in [-0.2, -0.15) is 11.8 Å². The molecule has 6 rings (SSSR count). The monoisotopic (exact) mass is 694 g/mol. The van der Waals surface area contributed by atoms with Crippen molar-refractivity contribution in [2.75, 3.05) is 11.9 Å². The minimum absolute atomic E-state index is 0. The third-order valence-electron chi connectivity index (χ3n) is 6.35. The molecule has 0 atom stereocenters. The number of pyridine rings is 2. The third kappa shape index (κ3) is 5.59. The SMILES string of the molecule is CN1C=CN(c2[c-]c(Oc3[c-]c4c(cnn4-c4cc(C(C)(C)C)ccn4)nc3)cc(-c3ccccc3)c2)[CH-]1.[Pt]. The predicted octanol–water partition coefficient (Wildman–Crippen LogP) is 6.51. The Balaban J connectivity index is 0.00000308. The number of nitrogens with zero attached hydrogens (tertiary/aromatic N) is 6. The molecule has 7 nitrogen and oxygen atoms in total. The fourth-order valence-electron chi connectivity index (χ4n) is 4.29. The minimum Gasteiger partial charge on any atom is -0.510 e. The standard InChI is InChI=1S/C31H27N6O.Pt/c1-31(2,3)24-10-11-32-30(16-24)37-29-18-27(19-33-28(29)20-34-37)38-26-15-23(22-8-6-5-7-9-22)14-25(17-26)36-13-12-35(4)21-36;/h5-16,19-21H,1-4H3;/q-3;. The molecule has 8 heteroatoms. The van der Waals surface area contributed by atoms with Crippen molar-refractivity contribution < 1.29 is 25.8 Å². The molecule has 4 heterocycles. The summed E-state index contributed by atoms with van der Waals surface area (Å²) in [5, 5.41) is 4.54. The van der Waals surface area contributed by atoms with Crippen LogP contribution in [0.5, 0.6) is 11.5 Å². The molecular weight excluding hydrogens is 667 g/mol. The number of benzene rings is 2. The van der Waals surface area contributed by atoms with Gasteiger partial charge in [-0.1, -0.05) is 51.1 Å². The van der Waals surface area contributed by atoms with Crippen LogP contribution < -0.4 is 9.64 Å².